The van der Waals surface area contributed by atoms with E-state index in [-0.39, 0.29) is 0 Å². The van der Waals surface area contributed by atoms with Gasteiger partial charge in [-0.2, -0.15) is 11.2 Å². The summed E-state index contributed by atoms with van der Waals surface area (Å²) >= 11 is 2.22. The van der Waals surface area contributed by atoms with Gasteiger partial charge in [0.1, 0.15) is 7.22 Å². The van der Waals surface area contributed by atoms with E-state index in [2.05, 4.69) is 62.0 Å². The number of nitrogens with zero attached hydrogens (tertiary/aromatic N) is 1. The zero-order chi connectivity index (χ0) is 13.9. The predicted octanol–water partition coefficient (Wildman–Crippen LogP) is 5.58. The van der Waals surface area contributed by atoms with Crippen LogP contribution in [0.5, 0.6) is 0 Å². The van der Waals surface area contributed by atoms with Crippen molar-refractivity contribution in [2.24, 2.45) is 4.99 Å². The fourth-order valence-electron chi connectivity index (χ4n) is 2.51. The van der Waals surface area contributed by atoms with Crippen molar-refractivity contribution in [2.45, 2.75) is 57.5 Å². The predicted molar refractivity (Wildman–Crippen MR) is 91.5 cm³/mol. The van der Waals surface area contributed by atoms with Crippen LogP contribution in [0.2, 0.25) is 19.6 Å². The molecule has 19 heavy (non-hydrogen) atoms. The molecule has 0 amide bonds. The Morgan fingerprint density at radius 3 is 2.68 bits per heavy atom. The lowest BCUT2D eigenvalue weighted by atomic mass is 9.98. The summed E-state index contributed by atoms with van der Waals surface area (Å²) in [5, 5.41) is 0.668. The van der Waals surface area contributed by atoms with Gasteiger partial charge in [0.2, 0.25) is 0 Å². The normalized spacial score (nSPS) is 22.7. The Morgan fingerprint density at radius 1 is 1.21 bits per heavy atom. The van der Waals surface area contributed by atoms with Crippen molar-refractivity contribution in [1.29, 1.82) is 0 Å². The molecule has 0 aromatic heterocycles. The average molecular weight is 292 g/mol. The van der Waals surface area contributed by atoms with E-state index in [0.717, 1.165) is 5.69 Å². The fraction of sp³-hybridized carbons (Fsp3) is 0.562. The van der Waals surface area contributed by atoms with Crippen LogP contribution in [0.4, 0.5) is 5.69 Å². The first kappa shape index (κ1) is 14.9. The Balaban J connectivity index is 2.19. The second-order valence-electron chi connectivity index (χ2n) is 6.41. The smallest absolute Gasteiger partial charge is 0.109 e. The first-order chi connectivity index (χ1) is 8.94. The Hall–Kier alpha value is -0.543. The maximum atomic E-state index is 4.96. The van der Waals surface area contributed by atoms with Gasteiger partial charge in [0.05, 0.1) is 5.69 Å². The van der Waals surface area contributed by atoms with Crippen molar-refractivity contribution < 1.29 is 0 Å². The molecule has 0 aliphatic heterocycles. The highest BCUT2D eigenvalue weighted by atomic mass is 32.4. The van der Waals surface area contributed by atoms with Crippen LogP contribution < -0.4 is 0 Å². The Labute approximate surface area is 122 Å². The van der Waals surface area contributed by atoms with Gasteiger partial charge in [-0.25, -0.2) is 0 Å². The minimum absolute atomic E-state index is 0.668. The maximum Gasteiger partial charge on any atom is 0.109 e. The molecule has 1 unspecified atom stereocenters. The second-order valence-corrected chi connectivity index (χ2v) is 15.8. The molecular formula is C16H25NSSi. The van der Waals surface area contributed by atoms with E-state index in [1.165, 1.54) is 37.0 Å². The van der Waals surface area contributed by atoms with Crippen LogP contribution in [0.15, 0.2) is 29.3 Å². The van der Waals surface area contributed by atoms with Gasteiger partial charge >= 0.3 is 0 Å². The van der Waals surface area contributed by atoms with Gasteiger partial charge < -0.3 is 0 Å². The number of rotatable bonds is 3. The lowest BCUT2D eigenvalue weighted by molar-refractivity contribution is 0.676. The summed E-state index contributed by atoms with van der Waals surface area (Å²) in [7, 11) is -1.08. The van der Waals surface area contributed by atoms with E-state index in [9.17, 15) is 0 Å². The highest BCUT2D eigenvalue weighted by Crippen LogP contribution is 2.34. The van der Waals surface area contributed by atoms with Crippen LogP contribution >= 0.6 is 11.2 Å². The number of aliphatic imine (C=N–C) groups is 1. The van der Waals surface area contributed by atoms with E-state index < -0.39 is 7.22 Å². The molecule has 0 spiro atoms. The molecule has 0 heterocycles. The molecule has 0 radical (unpaired) electrons. The molecule has 1 aromatic rings. The minimum atomic E-state index is -1.08. The molecule has 0 N–H and O–H groups in total. The lowest BCUT2D eigenvalue weighted by Crippen LogP contribution is -2.29. The average Bonchev–Trinajstić information content (AvgIpc) is 2.30. The van der Waals surface area contributed by atoms with Crippen molar-refractivity contribution >= 4 is 29.8 Å². The van der Waals surface area contributed by atoms with Crippen LogP contribution in [-0.2, 0) is 0 Å². The van der Waals surface area contributed by atoms with Crippen LogP contribution in [0.3, 0.4) is 0 Å². The molecule has 3 heteroatoms. The molecular weight excluding hydrogens is 266 g/mol. The van der Waals surface area contributed by atoms with Crippen molar-refractivity contribution in [2.75, 3.05) is 0 Å². The monoisotopic (exact) mass is 291 g/mol. The summed E-state index contributed by atoms with van der Waals surface area (Å²) in [6, 6.07) is 8.57. The zero-order valence-electron chi connectivity index (χ0n) is 12.6. The fourth-order valence-corrected chi connectivity index (χ4v) is 7.28. The third-order valence-corrected chi connectivity index (χ3v) is 7.77. The molecule has 0 saturated heterocycles. The number of hydrogen-bond acceptors (Lipinski definition) is 2. The van der Waals surface area contributed by atoms with E-state index in [4.69, 9.17) is 4.99 Å². The van der Waals surface area contributed by atoms with E-state index in [0.29, 0.717) is 5.25 Å². The van der Waals surface area contributed by atoms with Crippen molar-refractivity contribution in [3.63, 3.8) is 0 Å². The number of benzene rings is 1. The molecule has 104 valence electrons. The van der Waals surface area contributed by atoms with Crippen molar-refractivity contribution in [3.8, 4) is 0 Å². The van der Waals surface area contributed by atoms with E-state index in [1.807, 2.05) is 0 Å². The lowest BCUT2D eigenvalue weighted by Gasteiger charge is -2.29. The summed E-state index contributed by atoms with van der Waals surface area (Å²) in [5.41, 5.74) is 3.87. The van der Waals surface area contributed by atoms with Gasteiger partial charge in [0.25, 0.3) is 0 Å². The van der Waals surface area contributed by atoms with Crippen LogP contribution in [0.25, 0.3) is 0 Å². The summed E-state index contributed by atoms with van der Waals surface area (Å²) in [6.45, 7) is 9.46. The number of aryl methyl sites for hydroxylation is 1. The molecule has 1 nitrogen and oxygen atoms in total. The van der Waals surface area contributed by atoms with Gasteiger partial charge in [0.15, 0.2) is 0 Å². The van der Waals surface area contributed by atoms with Gasteiger partial charge in [-0.05, 0) is 43.9 Å². The van der Waals surface area contributed by atoms with Crippen molar-refractivity contribution in [1.82, 2.24) is 0 Å². The number of hydrogen-bond donors (Lipinski definition) is 0. The molecule has 0 bridgehead atoms. The van der Waals surface area contributed by atoms with Gasteiger partial charge in [0, 0.05) is 11.0 Å². The van der Waals surface area contributed by atoms with Gasteiger partial charge in [-0.1, -0.05) is 38.2 Å². The molecule has 1 aromatic carbocycles. The van der Waals surface area contributed by atoms with Crippen molar-refractivity contribution in [3.05, 3.63) is 29.8 Å². The molecule has 1 aliphatic carbocycles. The van der Waals surface area contributed by atoms with Crippen LogP contribution in [0.1, 0.15) is 31.2 Å². The van der Waals surface area contributed by atoms with Gasteiger partial charge in [-0.15, -0.1) is 0 Å². The second kappa shape index (κ2) is 6.27. The molecule has 1 aliphatic rings. The minimum Gasteiger partial charge on any atom is -0.257 e. The summed E-state index contributed by atoms with van der Waals surface area (Å²) in [6.07, 6.45) is 5.19. The summed E-state index contributed by atoms with van der Waals surface area (Å²) in [4.78, 5) is 4.96. The highest BCUT2D eigenvalue weighted by Gasteiger charge is 2.27. The third kappa shape index (κ3) is 4.81. The SMILES string of the molecule is Cc1cccc(/N=C2\CCCCC2S[Si](C)(C)C)c1. The quantitative estimate of drug-likeness (QED) is 0.662. The largest absolute Gasteiger partial charge is 0.257 e. The zero-order valence-corrected chi connectivity index (χ0v) is 14.4. The van der Waals surface area contributed by atoms with E-state index >= 15 is 0 Å². The Bertz CT molecular complexity index is 462. The summed E-state index contributed by atoms with van der Waals surface area (Å²) in [5.74, 6) is 0. The topological polar surface area (TPSA) is 12.4 Å². The molecule has 2 rings (SSSR count). The van der Waals surface area contributed by atoms with E-state index in [1.54, 1.807) is 0 Å². The van der Waals surface area contributed by atoms with Crippen LogP contribution in [0, 0.1) is 6.92 Å². The first-order valence-corrected chi connectivity index (χ1v) is 12.4. The van der Waals surface area contributed by atoms with Gasteiger partial charge in [-0.3, -0.25) is 4.99 Å². The standard InChI is InChI=1S/C16H25NSSi/c1-13-8-7-9-14(12-13)17-15-10-5-6-11-16(15)18-19(2,3)4/h7-9,12,16H,5-6,10-11H2,1-4H3/b17-15+. The van der Waals surface area contributed by atoms with Crippen LogP contribution in [-0.4, -0.2) is 18.2 Å². The summed E-state index contributed by atoms with van der Waals surface area (Å²) < 4.78 is 0. The first-order valence-electron chi connectivity index (χ1n) is 7.26. The Morgan fingerprint density at radius 2 is 2.00 bits per heavy atom. The molecule has 1 fully saturated rings. The highest BCUT2D eigenvalue weighted by molar-refractivity contribution is 8.29. The third-order valence-electron chi connectivity index (χ3n) is 3.29. The maximum absolute atomic E-state index is 4.96. The Kier molecular flexibility index (Phi) is 4.90. The molecule has 1 saturated carbocycles. The molecule has 1 atom stereocenters.